The van der Waals surface area contributed by atoms with Gasteiger partial charge in [0, 0.05) is 58.1 Å². The van der Waals surface area contributed by atoms with E-state index in [0.717, 1.165) is 88.5 Å². The van der Waals surface area contributed by atoms with Crippen LogP contribution >= 0.6 is 0 Å². The molecule has 0 saturated carbocycles. The Labute approximate surface area is 306 Å². The number of hydrogen-bond acceptors (Lipinski definition) is 7. The van der Waals surface area contributed by atoms with E-state index >= 15 is 0 Å². The molecular weight excluding hydrogens is 654 g/mol. The molecule has 0 aliphatic carbocycles. The molecule has 52 heavy (non-hydrogen) atoms. The topological polar surface area (TPSA) is 139 Å². The van der Waals surface area contributed by atoms with Crippen molar-refractivity contribution < 1.29 is 23.9 Å². The van der Waals surface area contributed by atoms with E-state index in [0.29, 0.717) is 35.5 Å². The van der Waals surface area contributed by atoms with Crippen LogP contribution in [-0.2, 0) is 25.5 Å². The predicted octanol–water partition coefficient (Wildman–Crippen LogP) is 8.78. The first kappa shape index (κ1) is 38.2. The number of unbranched alkanes of at least 4 members (excludes halogenated alkanes) is 4. The number of nitrogens with zero attached hydrogens (tertiary/aromatic N) is 2. The SMILES string of the molecule is C=Cc1c(C)c2cc3nc(c(C(=O)OC)c4nc(cc5[nH]c(cc1[nH]2)c(C)c5CC)C(C)=C4C(=O)NCCCCCCC)[C@@H](CCC(=O)OC)[C@@H]3C. The van der Waals surface area contributed by atoms with Gasteiger partial charge in [-0.15, -0.1) is 0 Å². The monoisotopic (exact) mass is 707 g/mol. The van der Waals surface area contributed by atoms with Crippen molar-refractivity contribution in [3.8, 4) is 0 Å². The molecule has 2 aliphatic heterocycles. The second-order valence-corrected chi connectivity index (χ2v) is 13.9. The van der Waals surface area contributed by atoms with Gasteiger partial charge in [0.25, 0.3) is 5.91 Å². The van der Waals surface area contributed by atoms with E-state index in [2.05, 4.69) is 48.7 Å². The summed E-state index contributed by atoms with van der Waals surface area (Å²) in [4.78, 5) is 58.0. The van der Waals surface area contributed by atoms with Crippen molar-refractivity contribution >= 4 is 57.1 Å². The number of allylic oxidation sites excluding steroid dienone is 1. The molecule has 0 radical (unpaired) electrons. The number of fused-ring (bicyclic) bond motifs is 8. The number of methoxy groups -OCH3 is 2. The van der Waals surface area contributed by atoms with Gasteiger partial charge in [0.15, 0.2) is 0 Å². The fourth-order valence-corrected chi connectivity index (χ4v) is 7.55. The van der Waals surface area contributed by atoms with Gasteiger partial charge in [-0.3, -0.25) is 14.6 Å². The maximum absolute atomic E-state index is 14.2. The van der Waals surface area contributed by atoms with Gasteiger partial charge in [0.1, 0.15) is 5.56 Å². The summed E-state index contributed by atoms with van der Waals surface area (Å²) >= 11 is 0. The molecule has 3 aromatic rings. The number of carbonyl (C=O) groups is 3. The Balaban J connectivity index is 1.89. The van der Waals surface area contributed by atoms with Crippen LogP contribution < -0.4 is 5.32 Å². The van der Waals surface area contributed by atoms with E-state index < -0.39 is 5.97 Å². The zero-order chi connectivity index (χ0) is 37.7. The van der Waals surface area contributed by atoms with Crippen molar-refractivity contribution in [2.75, 3.05) is 20.8 Å². The Hall–Kier alpha value is -4.99. The van der Waals surface area contributed by atoms with Crippen molar-refractivity contribution in [1.29, 1.82) is 0 Å². The van der Waals surface area contributed by atoms with Crippen molar-refractivity contribution in [1.82, 2.24) is 25.3 Å². The molecule has 0 unspecified atom stereocenters. The van der Waals surface area contributed by atoms with Gasteiger partial charge in [-0.05, 0) is 80.5 Å². The standard InChI is InChI=1S/C42H53N5O5/c1-10-13-14-15-16-19-43-41(49)37-26(7)33-22-35-28(12-3)24(5)31(45-35)21-34-27(11-2)23(4)30(44-34)20-32-25(6)29(17-18-36(48)51-8)39(46-32)38(40(37)47-33)42(50)52-9/h11,20-22,25,29,44-45H,2,10,12-19H2,1,3-9H3,(H,43,49)/t25-,29-/m0/s1. The third-order valence-electron chi connectivity index (χ3n) is 10.7. The predicted molar refractivity (Wildman–Crippen MR) is 208 cm³/mol. The minimum Gasteiger partial charge on any atom is -0.469 e. The first-order chi connectivity index (χ1) is 25.0. The van der Waals surface area contributed by atoms with E-state index in [-0.39, 0.29) is 41.4 Å². The average molecular weight is 708 g/mol. The molecule has 3 N–H and O–H groups in total. The van der Waals surface area contributed by atoms with Gasteiger partial charge in [-0.2, -0.15) is 0 Å². The normalized spacial score (nSPS) is 15.5. The zero-order valence-corrected chi connectivity index (χ0v) is 32.0. The van der Waals surface area contributed by atoms with Gasteiger partial charge in [-0.25, -0.2) is 9.78 Å². The average Bonchev–Trinajstić information content (AvgIpc) is 3.81. The third kappa shape index (κ3) is 7.47. The van der Waals surface area contributed by atoms with Crippen LogP contribution in [0.1, 0.15) is 140 Å². The summed E-state index contributed by atoms with van der Waals surface area (Å²) in [5.41, 5.74) is 10.9. The lowest BCUT2D eigenvalue weighted by Gasteiger charge is -2.18. The number of aryl methyl sites for hydroxylation is 3. The number of amides is 1. The van der Waals surface area contributed by atoms with E-state index in [9.17, 15) is 14.4 Å². The van der Waals surface area contributed by atoms with E-state index in [1.807, 2.05) is 39.0 Å². The van der Waals surface area contributed by atoms with Crippen LogP contribution in [0, 0.1) is 13.8 Å². The molecule has 5 heterocycles. The Bertz CT molecular complexity index is 2090. The van der Waals surface area contributed by atoms with E-state index in [1.165, 1.54) is 14.2 Å². The van der Waals surface area contributed by atoms with Crippen LogP contribution in [0.3, 0.4) is 0 Å². The molecule has 5 rings (SSSR count). The first-order valence-electron chi connectivity index (χ1n) is 18.5. The number of hydrogen-bond donors (Lipinski definition) is 3. The molecule has 10 heteroatoms. The second-order valence-electron chi connectivity index (χ2n) is 13.9. The molecule has 0 spiro atoms. The maximum Gasteiger partial charge on any atom is 0.341 e. The summed E-state index contributed by atoms with van der Waals surface area (Å²) in [6, 6.07) is 6.07. The Morgan fingerprint density at radius 3 is 2.29 bits per heavy atom. The third-order valence-corrected chi connectivity index (χ3v) is 10.7. The quantitative estimate of drug-likeness (QED) is 0.119. The number of ether oxygens (including phenoxy) is 2. The molecule has 0 fully saturated rings. The van der Waals surface area contributed by atoms with Gasteiger partial charge in [0.2, 0.25) is 0 Å². The number of rotatable bonds is 13. The summed E-state index contributed by atoms with van der Waals surface area (Å²) in [5, 5.41) is 3.11. The minimum absolute atomic E-state index is 0.124. The molecule has 2 aliphatic rings. The summed E-state index contributed by atoms with van der Waals surface area (Å²) in [6.07, 6.45) is 8.39. The van der Waals surface area contributed by atoms with Crippen LogP contribution in [0.2, 0.25) is 0 Å². The molecule has 10 nitrogen and oxygen atoms in total. The molecule has 1 amide bonds. The van der Waals surface area contributed by atoms with Gasteiger partial charge in [0.05, 0.1) is 36.9 Å². The van der Waals surface area contributed by atoms with Gasteiger partial charge in [-0.1, -0.05) is 59.1 Å². The summed E-state index contributed by atoms with van der Waals surface area (Å²) in [5.74, 6) is -1.87. The Morgan fingerprint density at radius 2 is 1.62 bits per heavy atom. The van der Waals surface area contributed by atoms with Crippen molar-refractivity contribution in [2.24, 2.45) is 0 Å². The number of aromatic amines is 2. The van der Waals surface area contributed by atoms with Crippen LogP contribution in [0.4, 0.5) is 0 Å². The smallest absolute Gasteiger partial charge is 0.341 e. The Kier molecular flexibility index (Phi) is 12.2. The fourth-order valence-electron chi connectivity index (χ4n) is 7.55. The highest BCUT2D eigenvalue weighted by atomic mass is 16.5. The van der Waals surface area contributed by atoms with Crippen LogP contribution in [0.5, 0.6) is 0 Å². The number of carbonyl (C=O) groups excluding carboxylic acids is 3. The first-order valence-corrected chi connectivity index (χ1v) is 18.5. The number of aromatic nitrogens is 4. The van der Waals surface area contributed by atoms with E-state index in [1.54, 1.807) is 0 Å². The molecule has 2 atom stereocenters. The zero-order valence-electron chi connectivity index (χ0n) is 32.0. The summed E-state index contributed by atoms with van der Waals surface area (Å²) < 4.78 is 10.4. The molecule has 0 saturated heterocycles. The van der Waals surface area contributed by atoms with Crippen molar-refractivity contribution in [3.05, 3.63) is 75.4 Å². The largest absolute Gasteiger partial charge is 0.469 e. The van der Waals surface area contributed by atoms with Gasteiger partial charge < -0.3 is 24.8 Å². The van der Waals surface area contributed by atoms with Crippen LogP contribution in [-0.4, -0.2) is 58.5 Å². The fraction of sp³-hybridized carbons (Fsp3) is 0.452. The Morgan fingerprint density at radius 1 is 0.904 bits per heavy atom. The minimum atomic E-state index is -0.650. The summed E-state index contributed by atoms with van der Waals surface area (Å²) in [6.45, 7) is 17.0. The lowest BCUT2D eigenvalue weighted by Crippen LogP contribution is -2.26. The molecule has 8 bridgehead atoms. The molecule has 276 valence electrons. The lowest BCUT2D eigenvalue weighted by atomic mass is 9.85. The van der Waals surface area contributed by atoms with Crippen LogP contribution in [0.15, 0.2) is 24.8 Å². The number of H-pyrrole nitrogens is 2. The second kappa shape index (κ2) is 16.6. The van der Waals surface area contributed by atoms with Crippen molar-refractivity contribution in [2.45, 2.75) is 105 Å². The molecule has 0 aromatic carbocycles. The molecular formula is C42H53N5O5. The summed E-state index contributed by atoms with van der Waals surface area (Å²) in [7, 11) is 2.68. The maximum atomic E-state index is 14.2. The highest BCUT2D eigenvalue weighted by molar-refractivity contribution is 6.28. The molecule has 3 aromatic heterocycles. The van der Waals surface area contributed by atoms with Crippen molar-refractivity contribution in [3.63, 3.8) is 0 Å². The number of nitrogens with one attached hydrogen (secondary N) is 3. The van der Waals surface area contributed by atoms with Crippen LogP contribution in [0.25, 0.3) is 39.3 Å². The highest BCUT2D eigenvalue weighted by Gasteiger charge is 2.37. The van der Waals surface area contributed by atoms with E-state index in [4.69, 9.17) is 19.4 Å². The van der Waals surface area contributed by atoms with Gasteiger partial charge >= 0.3 is 11.9 Å². The lowest BCUT2D eigenvalue weighted by molar-refractivity contribution is -0.140. The number of esters is 2. The highest BCUT2D eigenvalue weighted by Crippen LogP contribution is 2.44.